The molecule has 1 fully saturated rings. The number of anilines is 2. The Labute approximate surface area is 89.7 Å². The number of nitrogen functional groups attached to an aromatic ring is 1. The second-order valence-corrected chi connectivity index (χ2v) is 3.97. The van der Waals surface area contributed by atoms with Gasteiger partial charge in [0.1, 0.15) is 5.82 Å². The SMILES string of the molecule is Nc1cc(F)c(Br)cc1N1CCCO1. The molecule has 1 aromatic carbocycles. The van der Waals surface area contributed by atoms with Crippen molar-refractivity contribution in [1.29, 1.82) is 0 Å². The van der Waals surface area contributed by atoms with Gasteiger partial charge in [0.05, 0.1) is 22.5 Å². The maximum Gasteiger partial charge on any atom is 0.139 e. The Morgan fingerprint density at radius 2 is 2.29 bits per heavy atom. The van der Waals surface area contributed by atoms with Crippen LogP contribution in [-0.4, -0.2) is 13.2 Å². The van der Waals surface area contributed by atoms with Crippen LogP contribution in [-0.2, 0) is 4.84 Å². The van der Waals surface area contributed by atoms with Gasteiger partial charge in [0.2, 0.25) is 0 Å². The van der Waals surface area contributed by atoms with E-state index in [0.29, 0.717) is 16.8 Å². The highest BCUT2D eigenvalue weighted by Gasteiger charge is 2.17. The van der Waals surface area contributed by atoms with Crippen molar-refractivity contribution in [3.05, 3.63) is 22.4 Å². The summed E-state index contributed by atoms with van der Waals surface area (Å²) in [6.07, 6.45) is 0.967. The Morgan fingerprint density at radius 1 is 1.50 bits per heavy atom. The zero-order valence-electron chi connectivity index (χ0n) is 7.46. The van der Waals surface area contributed by atoms with E-state index in [-0.39, 0.29) is 5.82 Å². The van der Waals surface area contributed by atoms with Crippen LogP contribution in [0.1, 0.15) is 6.42 Å². The van der Waals surface area contributed by atoms with Gasteiger partial charge in [-0.1, -0.05) is 0 Å². The molecule has 2 rings (SSSR count). The van der Waals surface area contributed by atoms with E-state index in [1.54, 1.807) is 11.1 Å². The molecule has 0 saturated carbocycles. The summed E-state index contributed by atoms with van der Waals surface area (Å²) < 4.78 is 13.5. The van der Waals surface area contributed by atoms with Gasteiger partial charge >= 0.3 is 0 Å². The second kappa shape index (κ2) is 3.74. The number of nitrogens with two attached hydrogens (primary N) is 1. The van der Waals surface area contributed by atoms with E-state index < -0.39 is 0 Å². The summed E-state index contributed by atoms with van der Waals surface area (Å²) in [5.74, 6) is -0.356. The molecule has 76 valence electrons. The third-order valence-corrected chi connectivity index (χ3v) is 2.70. The van der Waals surface area contributed by atoms with Crippen LogP contribution in [0.25, 0.3) is 0 Å². The Hall–Kier alpha value is -0.810. The summed E-state index contributed by atoms with van der Waals surface area (Å²) in [7, 11) is 0. The van der Waals surface area contributed by atoms with Crippen LogP contribution in [0.4, 0.5) is 15.8 Å². The highest BCUT2D eigenvalue weighted by atomic mass is 79.9. The first-order valence-corrected chi connectivity index (χ1v) is 5.13. The molecule has 1 aliphatic heterocycles. The molecule has 0 bridgehead atoms. The third kappa shape index (κ3) is 1.69. The summed E-state index contributed by atoms with van der Waals surface area (Å²) in [4.78, 5) is 5.32. The zero-order valence-corrected chi connectivity index (χ0v) is 9.05. The lowest BCUT2D eigenvalue weighted by molar-refractivity contribution is 0.168. The lowest BCUT2D eigenvalue weighted by atomic mass is 10.2. The minimum Gasteiger partial charge on any atom is -0.397 e. The Kier molecular flexibility index (Phi) is 2.60. The largest absolute Gasteiger partial charge is 0.397 e. The lowest BCUT2D eigenvalue weighted by Crippen LogP contribution is -2.17. The summed E-state index contributed by atoms with van der Waals surface area (Å²) in [6, 6.07) is 2.93. The molecule has 0 aliphatic carbocycles. The van der Waals surface area contributed by atoms with Gasteiger partial charge in [0.15, 0.2) is 0 Å². The van der Waals surface area contributed by atoms with Crippen molar-refractivity contribution in [3.63, 3.8) is 0 Å². The van der Waals surface area contributed by atoms with Crippen LogP contribution in [0, 0.1) is 5.82 Å². The molecule has 0 atom stereocenters. The van der Waals surface area contributed by atoms with Gasteiger partial charge in [0, 0.05) is 12.6 Å². The fourth-order valence-corrected chi connectivity index (χ4v) is 1.74. The lowest BCUT2D eigenvalue weighted by Gasteiger charge is -2.18. The molecule has 14 heavy (non-hydrogen) atoms. The summed E-state index contributed by atoms with van der Waals surface area (Å²) in [5, 5.41) is 1.69. The Morgan fingerprint density at radius 3 is 2.93 bits per heavy atom. The zero-order chi connectivity index (χ0) is 10.1. The number of halogens is 2. The van der Waals surface area contributed by atoms with Crippen molar-refractivity contribution >= 4 is 27.3 Å². The standard InChI is InChI=1S/C9H10BrFN2O/c10-6-4-9(8(12)5-7(6)11)13-2-1-3-14-13/h4-5H,1-3,12H2. The molecule has 1 saturated heterocycles. The van der Waals surface area contributed by atoms with E-state index in [1.165, 1.54) is 6.07 Å². The molecule has 2 N–H and O–H groups in total. The summed E-state index contributed by atoms with van der Waals surface area (Å²) in [5.41, 5.74) is 6.80. The smallest absolute Gasteiger partial charge is 0.139 e. The minimum atomic E-state index is -0.356. The molecule has 0 amide bonds. The molecule has 3 nitrogen and oxygen atoms in total. The number of hydrogen-bond acceptors (Lipinski definition) is 3. The Balaban J connectivity index is 2.37. The van der Waals surface area contributed by atoms with Crippen LogP contribution in [0.5, 0.6) is 0 Å². The van der Waals surface area contributed by atoms with Gasteiger partial charge in [0.25, 0.3) is 0 Å². The van der Waals surface area contributed by atoms with Gasteiger partial charge in [-0.05, 0) is 28.4 Å². The monoisotopic (exact) mass is 260 g/mol. The third-order valence-electron chi connectivity index (χ3n) is 2.09. The molecule has 0 spiro atoms. The van der Waals surface area contributed by atoms with Crippen LogP contribution >= 0.6 is 15.9 Å². The fourth-order valence-electron chi connectivity index (χ4n) is 1.41. The summed E-state index contributed by atoms with van der Waals surface area (Å²) >= 11 is 3.11. The maximum absolute atomic E-state index is 13.1. The van der Waals surface area contributed by atoms with Crippen molar-refractivity contribution in [2.24, 2.45) is 0 Å². The molecular formula is C9H10BrFN2O. The first kappa shape index (κ1) is 9.73. The number of hydrogen-bond donors (Lipinski definition) is 1. The summed E-state index contributed by atoms with van der Waals surface area (Å²) in [6.45, 7) is 1.48. The quantitative estimate of drug-likeness (QED) is 0.788. The first-order valence-electron chi connectivity index (χ1n) is 4.33. The predicted octanol–water partition coefficient (Wildman–Crippen LogP) is 2.31. The van der Waals surface area contributed by atoms with Gasteiger partial charge in [-0.25, -0.2) is 4.39 Å². The van der Waals surface area contributed by atoms with Gasteiger partial charge in [-0.15, -0.1) is 0 Å². The first-order chi connectivity index (χ1) is 6.68. The van der Waals surface area contributed by atoms with Gasteiger partial charge in [-0.3, -0.25) is 9.90 Å². The van der Waals surface area contributed by atoms with E-state index in [9.17, 15) is 4.39 Å². The van der Waals surface area contributed by atoms with Crippen LogP contribution in [0.15, 0.2) is 16.6 Å². The molecule has 0 radical (unpaired) electrons. The van der Waals surface area contributed by atoms with E-state index in [2.05, 4.69) is 15.9 Å². The molecule has 1 aromatic rings. The minimum absolute atomic E-state index is 0.356. The van der Waals surface area contributed by atoms with Crippen molar-refractivity contribution < 1.29 is 9.23 Å². The predicted molar refractivity (Wildman–Crippen MR) is 56.4 cm³/mol. The van der Waals surface area contributed by atoms with Crippen LogP contribution in [0.3, 0.4) is 0 Å². The van der Waals surface area contributed by atoms with Gasteiger partial charge < -0.3 is 5.73 Å². The fraction of sp³-hybridized carbons (Fsp3) is 0.333. The number of hydroxylamine groups is 1. The average molecular weight is 261 g/mol. The van der Waals surface area contributed by atoms with Crippen molar-refractivity contribution in [2.75, 3.05) is 23.9 Å². The molecule has 0 aromatic heterocycles. The molecular weight excluding hydrogens is 251 g/mol. The van der Waals surface area contributed by atoms with E-state index in [1.807, 2.05) is 0 Å². The van der Waals surface area contributed by atoms with E-state index in [4.69, 9.17) is 10.6 Å². The van der Waals surface area contributed by atoms with Crippen molar-refractivity contribution in [2.45, 2.75) is 6.42 Å². The maximum atomic E-state index is 13.1. The second-order valence-electron chi connectivity index (χ2n) is 3.11. The normalized spacial score (nSPS) is 16.3. The molecule has 1 heterocycles. The number of benzene rings is 1. The van der Waals surface area contributed by atoms with Crippen LogP contribution in [0.2, 0.25) is 0 Å². The molecule has 5 heteroatoms. The van der Waals surface area contributed by atoms with Crippen molar-refractivity contribution in [3.8, 4) is 0 Å². The average Bonchev–Trinajstić information content (AvgIpc) is 2.64. The number of nitrogens with zero attached hydrogens (tertiary/aromatic N) is 1. The van der Waals surface area contributed by atoms with Gasteiger partial charge in [-0.2, -0.15) is 0 Å². The molecule has 1 aliphatic rings. The highest BCUT2D eigenvalue weighted by Crippen LogP contribution is 2.31. The van der Waals surface area contributed by atoms with E-state index in [0.717, 1.165) is 18.7 Å². The Bertz CT molecular complexity index is 353. The molecule has 0 unspecified atom stereocenters. The van der Waals surface area contributed by atoms with Crippen molar-refractivity contribution in [1.82, 2.24) is 0 Å². The number of rotatable bonds is 1. The van der Waals surface area contributed by atoms with E-state index >= 15 is 0 Å². The topological polar surface area (TPSA) is 38.5 Å². The highest BCUT2D eigenvalue weighted by molar-refractivity contribution is 9.10. The van der Waals surface area contributed by atoms with Crippen LogP contribution < -0.4 is 10.8 Å².